The zero-order valence-corrected chi connectivity index (χ0v) is 8.26. The van der Waals surface area contributed by atoms with Crippen LogP contribution in [0.4, 0.5) is 0 Å². The number of allylic oxidation sites excluding steroid dienone is 2. The van der Waals surface area contributed by atoms with Crippen LogP contribution >= 0.6 is 0 Å². The smallest absolute Gasteiger partial charge is 0.285 e. The highest BCUT2D eigenvalue weighted by molar-refractivity contribution is 5.32. The van der Waals surface area contributed by atoms with Crippen LogP contribution in [0.25, 0.3) is 0 Å². The van der Waals surface area contributed by atoms with Gasteiger partial charge in [-0.25, -0.2) is 0 Å². The van der Waals surface area contributed by atoms with E-state index in [0.717, 1.165) is 6.08 Å². The average Bonchev–Trinajstić information content (AvgIpc) is 2.12. The van der Waals surface area contributed by atoms with Crippen molar-refractivity contribution in [2.45, 2.75) is 25.8 Å². The molecule has 0 bridgehead atoms. The molecule has 0 aliphatic heterocycles. The molecule has 0 saturated heterocycles. The van der Waals surface area contributed by atoms with E-state index in [1.165, 1.54) is 13.8 Å². The van der Waals surface area contributed by atoms with E-state index in [-0.39, 0.29) is 11.3 Å². The van der Waals surface area contributed by atoms with Gasteiger partial charge in [-0.2, -0.15) is 0 Å². The molecule has 0 amide bonds. The maximum Gasteiger partial charge on any atom is 0.285 e. The van der Waals surface area contributed by atoms with Crippen molar-refractivity contribution in [2.75, 3.05) is 0 Å². The van der Waals surface area contributed by atoms with Gasteiger partial charge in [0.25, 0.3) is 11.2 Å². The number of hydrogen-bond acceptors (Lipinski definition) is 5. The zero-order valence-electron chi connectivity index (χ0n) is 8.26. The van der Waals surface area contributed by atoms with Crippen molar-refractivity contribution in [1.82, 2.24) is 0 Å². The van der Waals surface area contributed by atoms with Crippen LogP contribution in [-0.4, -0.2) is 20.5 Å². The van der Waals surface area contributed by atoms with Gasteiger partial charge in [0.05, 0.1) is 4.92 Å². The third kappa shape index (κ3) is 1.67. The molecule has 1 N–H and O–H groups in total. The quantitative estimate of drug-likeness (QED) is 0.552. The van der Waals surface area contributed by atoms with Crippen molar-refractivity contribution in [3.8, 4) is 0 Å². The van der Waals surface area contributed by atoms with Crippen LogP contribution in [0.5, 0.6) is 0 Å². The van der Waals surface area contributed by atoms with Gasteiger partial charge in [-0.05, 0) is 6.92 Å². The summed E-state index contributed by atoms with van der Waals surface area (Å²) in [5.41, 5.74) is -1.89. The van der Waals surface area contributed by atoms with E-state index in [1.807, 2.05) is 0 Å². The minimum Gasteiger partial charge on any atom is -0.505 e. The third-order valence-electron chi connectivity index (χ3n) is 2.43. The highest BCUT2D eigenvalue weighted by atomic mass is 16.6. The van der Waals surface area contributed by atoms with Crippen molar-refractivity contribution in [1.29, 1.82) is 0 Å². The molecular weight excluding hydrogens is 204 g/mol. The molecule has 0 saturated carbocycles. The van der Waals surface area contributed by atoms with E-state index >= 15 is 0 Å². The van der Waals surface area contributed by atoms with E-state index in [9.17, 15) is 25.3 Å². The number of nitrogens with zero attached hydrogens (tertiary/aromatic N) is 2. The van der Waals surface area contributed by atoms with Gasteiger partial charge in [0.1, 0.15) is 6.42 Å². The van der Waals surface area contributed by atoms with E-state index in [1.54, 1.807) is 0 Å². The van der Waals surface area contributed by atoms with Crippen LogP contribution in [0.3, 0.4) is 0 Å². The first kappa shape index (κ1) is 11.2. The Bertz CT molecular complexity index is 398. The fourth-order valence-corrected chi connectivity index (χ4v) is 1.50. The predicted molar refractivity (Wildman–Crippen MR) is 50.4 cm³/mol. The molecule has 1 aliphatic carbocycles. The van der Waals surface area contributed by atoms with Crippen molar-refractivity contribution < 1.29 is 15.0 Å². The van der Waals surface area contributed by atoms with Crippen LogP contribution in [0, 0.1) is 20.2 Å². The van der Waals surface area contributed by atoms with Crippen LogP contribution in [0.2, 0.25) is 0 Å². The lowest BCUT2D eigenvalue weighted by molar-refractivity contribution is -0.565. The van der Waals surface area contributed by atoms with E-state index in [2.05, 4.69) is 0 Å². The monoisotopic (exact) mass is 214 g/mol. The summed E-state index contributed by atoms with van der Waals surface area (Å²) in [6, 6.07) is 0. The minimum atomic E-state index is -1.79. The number of rotatable bonds is 2. The molecule has 0 radical (unpaired) electrons. The lowest BCUT2D eigenvalue weighted by atomic mass is 9.87. The molecule has 7 nitrogen and oxygen atoms in total. The van der Waals surface area contributed by atoms with E-state index < -0.39 is 27.6 Å². The standard InChI is InChI=1S/C8H10N2O5/c1-5-3-6(9(12)13)4-8(2,7(5)11)10(14)15/h3,11H,4H2,1-2H3. The molecule has 82 valence electrons. The molecule has 1 rings (SSSR count). The molecule has 1 atom stereocenters. The molecule has 0 fully saturated rings. The maximum absolute atomic E-state index is 10.8. The highest BCUT2D eigenvalue weighted by Crippen LogP contribution is 2.33. The highest BCUT2D eigenvalue weighted by Gasteiger charge is 2.49. The normalized spacial score (nSPS) is 26.1. The Labute approximate surface area is 85.0 Å². The summed E-state index contributed by atoms with van der Waals surface area (Å²) in [5, 5.41) is 30.8. The molecule has 1 unspecified atom stereocenters. The first-order valence-corrected chi connectivity index (χ1v) is 4.19. The lowest BCUT2D eigenvalue weighted by Gasteiger charge is -2.22. The number of nitro groups is 2. The minimum absolute atomic E-state index is 0.159. The molecule has 0 aromatic heterocycles. The lowest BCUT2D eigenvalue weighted by Crippen LogP contribution is -2.40. The number of aliphatic hydroxyl groups excluding tert-OH is 1. The van der Waals surface area contributed by atoms with Gasteiger partial charge in [-0.1, -0.05) is 0 Å². The van der Waals surface area contributed by atoms with Gasteiger partial charge in [-0.3, -0.25) is 20.2 Å². The molecule has 0 spiro atoms. The van der Waals surface area contributed by atoms with Gasteiger partial charge < -0.3 is 5.11 Å². The average molecular weight is 214 g/mol. The molecule has 0 aromatic rings. The summed E-state index contributed by atoms with van der Waals surface area (Å²) >= 11 is 0. The topological polar surface area (TPSA) is 107 Å². The largest absolute Gasteiger partial charge is 0.505 e. The van der Waals surface area contributed by atoms with Gasteiger partial charge in [0.2, 0.25) is 0 Å². The Balaban J connectivity index is 3.26. The summed E-state index contributed by atoms with van der Waals surface area (Å²) in [6.07, 6.45) is 0.747. The zero-order chi connectivity index (χ0) is 11.8. The second kappa shape index (κ2) is 3.34. The summed E-state index contributed by atoms with van der Waals surface area (Å²) in [4.78, 5) is 19.9. The van der Waals surface area contributed by atoms with Crippen molar-refractivity contribution in [3.05, 3.63) is 43.3 Å². The summed E-state index contributed by atoms with van der Waals surface area (Å²) in [5.74, 6) is -0.418. The summed E-state index contributed by atoms with van der Waals surface area (Å²) < 4.78 is 0. The summed E-state index contributed by atoms with van der Waals surface area (Å²) in [7, 11) is 0. The Morgan fingerprint density at radius 3 is 2.40 bits per heavy atom. The van der Waals surface area contributed by atoms with Gasteiger partial charge in [0, 0.05) is 23.5 Å². The molecule has 0 aromatic carbocycles. The Kier molecular flexibility index (Phi) is 2.48. The predicted octanol–water partition coefficient (Wildman–Crippen LogP) is 1.42. The van der Waals surface area contributed by atoms with Crippen molar-refractivity contribution in [2.24, 2.45) is 0 Å². The Morgan fingerprint density at radius 2 is 2.00 bits per heavy atom. The van der Waals surface area contributed by atoms with E-state index in [0.29, 0.717) is 0 Å². The molecule has 1 aliphatic rings. The first-order valence-electron chi connectivity index (χ1n) is 4.19. The van der Waals surface area contributed by atoms with Crippen LogP contribution in [-0.2, 0) is 0 Å². The van der Waals surface area contributed by atoms with Crippen molar-refractivity contribution >= 4 is 0 Å². The molecule has 7 heteroatoms. The van der Waals surface area contributed by atoms with Crippen LogP contribution in [0.15, 0.2) is 23.1 Å². The van der Waals surface area contributed by atoms with E-state index in [4.69, 9.17) is 0 Å². The van der Waals surface area contributed by atoms with Crippen LogP contribution in [0.1, 0.15) is 20.3 Å². The number of aliphatic hydroxyl groups is 1. The van der Waals surface area contributed by atoms with Gasteiger partial charge in [-0.15, -0.1) is 0 Å². The second-order valence-electron chi connectivity index (χ2n) is 3.63. The van der Waals surface area contributed by atoms with Gasteiger partial charge in [0.15, 0.2) is 5.76 Å². The maximum atomic E-state index is 10.8. The fourth-order valence-electron chi connectivity index (χ4n) is 1.50. The number of hydrogen-bond donors (Lipinski definition) is 1. The van der Waals surface area contributed by atoms with Crippen molar-refractivity contribution in [3.63, 3.8) is 0 Å². The molecule has 0 heterocycles. The van der Waals surface area contributed by atoms with Crippen LogP contribution < -0.4 is 0 Å². The SMILES string of the molecule is CC1=C(O)C(C)([N+](=O)[O-])CC([N+](=O)[O-])=C1. The molecular formula is C8H10N2O5. The molecule has 15 heavy (non-hydrogen) atoms. The first-order chi connectivity index (χ1) is 6.79. The Morgan fingerprint density at radius 1 is 1.47 bits per heavy atom. The fraction of sp³-hybridized carbons (Fsp3) is 0.500. The summed E-state index contributed by atoms with van der Waals surface area (Å²) in [6.45, 7) is 2.57. The van der Waals surface area contributed by atoms with Gasteiger partial charge >= 0.3 is 0 Å². The third-order valence-corrected chi connectivity index (χ3v) is 2.43. The Hall–Kier alpha value is -1.92. The second-order valence-corrected chi connectivity index (χ2v) is 3.63.